The fourth-order valence-corrected chi connectivity index (χ4v) is 0.394. The Balaban J connectivity index is 3.46. The van der Waals surface area contributed by atoms with E-state index >= 15 is 0 Å². The van der Waals surface area contributed by atoms with Gasteiger partial charge in [0, 0.05) is 6.54 Å². The van der Waals surface area contributed by atoms with Crippen molar-refractivity contribution in [3.05, 3.63) is 0 Å². The van der Waals surface area contributed by atoms with Crippen LogP contribution in [-0.4, -0.2) is 18.6 Å². The van der Waals surface area contributed by atoms with Gasteiger partial charge in [-0.2, -0.15) is 9.53 Å². The van der Waals surface area contributed by atoms with Crippen molar-refractivity contribution in [2.75, 3.05) is 6.54 Å². The standard InChI is InChI=1S/C4H7N4P/c1-2-6-4-8-9-7-3-5/h5,9H,2H2,1H3. The Kier molecular flexibility index (Phi) is 6.54. The second-order valence-corrected chi connectivity index (χ2v) is 1.66. The summed E-state index contributed by atoms with van der Waals surface area (Å²) in [5, 5.41) is 6.35. The Bertz CT molecular complexity index is 163. The predicted molar refractivity (Wildman–Crippen MR) is 38.9 cm³/mol. The SMILES string of the molecule is CCN=C=NPN=C=N. The maximum atomic E-state index is 6.35. The molecule has 0 aromatic rings. The summed E-state index contributed by atoms with van der Waals surface area (Å²) >= 11 is 0. The Labute approximate surface area is 55.2 Å². The summed E-state index contributed by atoms with van der Waals surface area (Å²) < 4.78 is 7.01. The molecule has 0 aliphatic carbocycles. The monoisotopic (exact) mass is 142 g/mol. The van der Waals surface area contributed by atoms with Gasteiger partial charge in [-0.05, 0) is 6.92 Å². The number of nitrogens with zero attached hydrogens (tertiary/aromatic N) is 3. The van der Waals surface area contributed by atoms with Gasteiger partial charge in [-0.25, -0.2) is 10.4 Å². The molecular formula is C4H7N4P. The molecule has 0 saturated carbocycles. The van der Waals surface area contributed by atoms with Gasteiger partial charge in [0.1, 0.15) is 8.88 Å². The molecule has 48 valence electrons. The minimum atomic E-state index is -0.0114. The minimum absolute atomic E-state index is 0.0114. The van der Waals surface area contributed by atoms with E-state index in [0.717, 1.165) is 0 Å². The minimum Gasteiger partial charge on any atom is -0.241 e. The summed E-state index contributed by atoms with van der Waals surface area (Å²) in [5.41, 5.74) is 0. The molecule has 0 rings (SSSR count). The predicted octanol–water partition coefficient (Wildman–Crippen LogP) is 1.44. The zero-order chi connectivity index (χ0) is 6.95. The molecule has 0 aliphatic rings. The van der Waals surface area contributed by atoms with Gasteiger partial charge in [0.15, 0.2) is 0 Å². The Hall–Kier alpha value is -0.810. The van der Waals surface area contributed by atoms with Crippen LogP contribution in [0.1, 0.15) is 6.92 Å². The molecule has 0 spiro atoms. The number of rotatable bonds is 3. The summed E-state index contributed by atoms with van der Waals surface area (Å²) in [6, 6.07) is 4.27. The van der Waals surface area contributed by atoms with Gasteiger partial charge in [-0.15, -0.1) is 0 Å². The van der Waals surface area contributed by atoms with Crippen LogP contribution in [-0.2, 0) is 0 Å². The van der Waals surface area contributed by atoms with E-state index in [1.165, 1.54) is 0 Å². The van der Waals surface area contributed by atoms with Crippen LogP contribution in [0.3, 0.4) is 0 Å². The van der Waals surface area contributed by atoms with Crippen LogP contribution < -0.4 is 0 Å². The lowest BCUT2D eigenvalue weighted by molar-refractivity contribution is 1.14. The van der Waals surface area contributed by atoms with E-state index in [-0.39, 0.29) is 8.88 Å². The lowest BCUT2D eigenvalue weighted by Crippen LogP contribution is -1.60. The highest BCUT2D eigenvalue weighted by molar-refractivity contribution is 7.35. The van der Waals surface area contributed by atoms with Crippen molar-refractivity contribution < 1.29 is 0 Å². The first-order chi connectivity index (χ1) is 4.41. The Morgan fingerprint density at radius 2 is 2.33 bits per heavy atom. The zero-order valence-electron chi connectivity index (χ0n) is 5.05. The zero-order valence-corrected chi connectivity index (χ0v) is 6.05. The van der Waals surface area contributed by atoms with Crippen molar-refractivity contribution in [2.24, 2.45) is 14.5 Å². The molecule has 1 atom stereocenters. The molecule has 4 nitrogen and oxygen atoms in total. The Morgan fingerprint density at radius 1 is 1.56 bits per heavy atom. The third kappa shape index (κ3) is 7.19. The van der Waals surface area contributed by atoms with E-state index in [1.54, 1.807) is 0 Å². The molecule has 0 aromatic carbocycles. The second-order valence-electron chi connectivity index (χ2n) is 1.01. The van der Waals surface area contributed by atoms with Crippen molar-refractivity contribution in [1.82, 2.24) is 0 Å². The van der Waals surface area contributed by atoms with Crippen LogP contribution in [0, 0.1) is 5.41 Å². The van der Waals surface area contributed by atoms with Gasteiger partial charge in [0.2, 0.25) is 0 Å². The lowest BCUT2D eigenvalue weighted by atomic mass is 10.8. The molecule has 0 amide bonds. The van der Waals surface area contributed by atoms with Crippen LogP contribution in [0.4, 0.5) is 0 Å². The van der Waals surface area contributed by atoms with E-state index in [0.29, 0.717) is 6.54 Å². The molecule has 0 aliphatic heterocycles. The van der Waals surface area contributed by atoms with Crippen LogP contribution >= 0.6 is 8.88 Å². The van der Waals surface area contributed by atoms with Crippen molar-refractivity contribution in [1.29, 1.82) is 5.41 Å². The van der Waals surface area contributed by atoms with E-state index in [4.69, 9.17) is 5.41 Å². The number of aliphatic imine (C=N–C) groups is 1. The van der Waals surface area contributed by atoms with E-state index in [1.807, 2.05) is 12.9 Å². The summed E-state index contributed by atoms with van der Waals surface area (Å²) in [6.45, 7) is 2.58. The summed E-state index contributed by atoms with van der Waals surface area (Å²) in [7, 11) is -0.0114. The third-order valence-electron chi connectivity index (χ3n) is 0.435. The maximum absolute atomic E-state index is 6.35. The highest BCUT2D eigenvalue weighted by Crippen LogP contribution is 2.08. The molecule has 0 radical (unpaired) electrons. The summed E-state index contributed by atoms with van der Waals surface area (Å²) in [4.78, 5) is 3.68. The van der Waals surface area contributed by atoms with Crippen molar-refractivity contribution in [2.45, 2.75) is 6.92 Å². The molecule has 5 heteroatoms. The van der Waals surface area contributed by atoms with Gasteiger partial charge in [-0.1, -0.05) is 0 Å². The van der Waals surface area contributed by atoms with Gasteiger partial charge in [0.05, 0.1) is 12.0 Å². The first-order valence-corrected chi connectivity index (χ1v) is 3.29. The van der Waals surface area contributed by atoms with Crippen molar-refractivity contribution in [3.63, 3.8) is 0 Å². The normalized spacial score (nSPS) is 8.11. The number of hydrogen-bond acceptors (Lipinski definition) is 4. The molecule has 0 bridgehead atoms. The third-order valence-corrected chi connectivity index (χ3v) is 0.847. The smallest absolute Gasteiger partial charge is 0.147 e. The topological polar surface area (TPSA) is 60.9 Å². The highest BCUT2D eigenvalue weighted by Gasteiger charge is 1.64. The maximum Gasteiger partial charge on any atom is 0.147 e. The van der Waals surface area contributed by atoms with E-state index in [2.05, 4.69) is 20.5 Å². The average Bonchev–Trinajstić information content (AvgIpc) is 1.89. The van der Waals surface area contributed by atoms with Gasteiger partial charge in [0.25, 0.3) is 0 Å². The highest BCUT2D eigenvalue weighted by atomic mass is 31.1. The van der Waals surface area contributed by atoms with Gasteiger partial charge < -0.3 is 0 Å². The Morgan fingerprint density at radius 3 is 2.89 bits per heavy atom. The quantitative estimate of drug-likeness (QED) is 0.457. The fraction of sp³-hybridized carbons (Fsp3) is 0.500. The molecule has 0 heterocycles. The summed E-state index contributed by atoms with van der Waals surface area (Å²) in [5.74, 6) is 0. The van der Waals surface area contributed by atoms with Crippen LogP contribution in [0.15, 0.2) is 14.5 Å². The molecule has 1 N–H and O–H groups in total. The summed E-state index contributed by atoms with van der Waals surface area (Å²) in [6.07, 6.45) is 0. The first kappa shape index (κ1) is 8.19. The van der Waals surface area contributed by atoms with Crippen LogP contribution in [0.2, 0.25) is 0 Å². The van der Waals surface area contributed by atoms with Gasteiger partial charge in [-0.3, -0.25) is 0 Å². The molecule has 9 heavy (non-hydrogen) atoms. The van der Waals surface area contributed by atoms with Crippen LogP contribution in [0.5, 0.6) is 0 Å². The number of nitrogens with one attached hydrogen (secondary N) is 1. The molecule has 0 fully saturated rings. The number of hydrogen-bond donors (Lipinski definition) is 1. The first-order valence-electron chi connectivity index (χ1n) is 2.39. The van der Waals surface area contributed by atoms with E-state index < -0.39 is 0 Å². The molecule has 0 saturated heterocycles. The van der Waals surface area contributed by atoms with Crippen molar-refractivity contribution in [3.8, 4) is 0 Å². The second kappa shape index (κ2) is 7.19. The molecule has 1 unspecified atom stereocenters. The largest absolute Gasteiger partial charge is 0.241 e. The molecule has 0 aromatic heterocycles. The fourth-order valence-electron chi connectivity index (χ4n) is 0.178. The van der Waals surface area contributed by atoms with Crippen LogP contribution in [0.25, 0.3) is 0 Å². The van der Waals surface area contributed by atoms with Gasteiger partial charge >= 0.3 is 0 Å². The average molecular weight is 142 g/mol. The lowest BCUT2D eigenvalue weighted by Gasteiger charge is -1.70. The molecular weight excluding hydrogens is 135 g/mol. The van der Waals surface area contributed by atoms with E-state index in [9.17, 15) is 0 Å². The van der Waals surface area contributed by atoms with Crippen molar-refractivity contribution >= 4 is 20.9 Å².